The van der Waals surface area contributed by atoms with Crippen LogP contribution in [0.2, 0.25) is 0 Å². The summed E-state index contributed by atoms with van der Waals surface area (Å²) in [5, 5.41) is 0. The molecule has 0 N–H and O–H groups in total. The van der Waals surface area contributed by atoms with Crippen LogP contribution in [-0.2, 0) is 6.42 Å². The van der Waals surface area contributed by atoms with E-state index >= 15 is 0 Å². The van der Waals surface area contributed by atoms with E-state index < -0.39 is 0 Å². The number of benzene rings is 2. The fourth-order valence-corrected chi connectivity index (χ4v) is 1.92. The number of aryl methyl sites for hydroxylation is 1. The van der Waals surface area contributed by atoms with Gasteiger partial charge in [0.1, 0.15) is 5.75 Å². The average Bonchev–Trinajstić information content (AvgIpc) is 2.46. The van der Waals surface area contributed by atoms with Crippen LogP contribution in [0.3, 0.4) is 0 Å². The fourth-order valence-electron chi connectivity index (χ4n) is 1.92. The molecule has 2 nitrogen and oxygen atoms in total. The Balaban J connectivity index is 2.41. The topological polar surface area (TPSA) is 26.3 Å². The van der Waals surface area contributed by atoms with Crippen LogP contribution in [0.25, 0.3) is 0 Å². The summed E-state index contributed by atoms with van der Waals surface area (Å²) in [7, 11) is 1.58. The number of para-hydroxylation sites is 1. The van der Waals surface area contributed by atoms with Crippen molar-refractivity contribution in [3.05, 3.63) is 65.2 Å². The molecule has 92 valence electrons. The third-order valence-corrected chi connectivity index (χ3v) is 2.95. The lowest BCUT2D eigenvalue weighted by atomic mass is 10.00. The molecule has 0 spiro atoms. The van der Waals surface area contributed by atoms with Crippen molar-refractivity contribution in [2.24, 2.45) is 0 Å². The molecule has 0 saturated heterocycles. The predicted octanol–water partition coefficient (Wildman–Crippen LogP) is 3.49. The Morgan fingerprint density at radius 3 is 2.61 bits per heavy atom. The Kier molecular flexibility index (Phi) is 3.78. The molecular weight excluding hydrogens is 224 g/mol. The van der Waals surface area contributed by atoms with Gasteiger partial charge in [0, 0.05) is 5.56 Å². The number of carbonyl (C=O) groups is 1. The molecule has 0 fully saturated rings. The first kappa shape index (κ1) is 12.4. The monoisotopic (exact) mass is 240 g/mol. The molecule has 0 aliphatic rings. The van der Waals surface area contributed by atoms with Crippen molar-refractivity contribution >= 4 is 5.78 Å². The number of hydrogen-bond donors (Lipinski definition) is 0. The summed E-state index contributed by atoms with van der Waals surface area (Å²) < 4.78 is 5.22. The van der Waals surface area contributed by atoms with Crippen LogP contribution < -0.4 is 4.74 Å². The van der Waals surface area contributed by atoms with Crippen LogP contribution in [0.1, 0.15) is 28.4 Å². The van der Waals surface area contributed by atoms with Crippen molar-refractivity contribution in [1.82, 2.24) is 0 Å². The number of hydrogen-bond acceptors (Lipinski definition) is 2. The number of carbonyl (C=O) groups excluding carboxylic acids is 1. The van der Waals surface area contributed by atoms with E-state index in [-0.39, 0.29) is 5.78 Å². The van der Waals surface area contributed by atoms with Gasteiger partial charge in [-0.15, -0.1) is 0 Å². The van der Waals surface area contributed by atoms with Gasteiger partial charge >= 0.3 is 0 Å². The van der Waals surface area contributed by atoms with E-state index in [0.717, 1.165) is 12.0 Å². The lowest BCUT2D eigenvalue weighted by Gasteiger charge is -2.08. The SMILES string of the molecule is CCc1cccc(C(=O)c2ccccc2OC)c1. The van der Waals surface area contributed by atoms with Crippen molar-refractivity contribution < 1.29 is 9.53 Å². The predicted molar refractivity (Wildman–Crippen MR) is 72.2 cm³/mol. The standard InChI is InChI=1S/C16H16O2/c1-3-12-7-6-8-13(11-12)16(17)14-9-4-5-10-15(14)18-2/h4-11H,3H2,1-2H3. The molecule has 0 radical (unpaired) electrons. The van der Waals surface area contributed by atoms with Crippen LogP contribution in [0.15, 0.2) is 48.5 Å². The van der Waals surface area contributed by atoms with Crippen molar-refractivity contribution in [3.63, 3.8) is 0 Å². The van der Waals surface area contributed by atoms with E-state index in [1.54, 1.807) is 19.2 Å². The van der Waals surface area contributed by atoms with Crippen molar-refractivity contribution in [1.29, 1.82) is 0 Å². The quantitative estimate of drug-likeness (QED) is 0.765. The third kappa shape index (κ3) is 2.43. The minimum atomic E-state index is 0.00255. The highest BCUT2D eigenvalue weighted by molar-refractivity contribution is 6.10. The summed E-state index contributed by atoms with van der Waals surface area (Å²) in [6.45, 7) is 2.08. The van der Waals surface area contributed by atoms with Crippen LogP contribution in [0, 0.1) is 0 Å². The first-order valence-corrected chi connectivity index (χ1v) is 6.03. The zero-order valence-corrected chi connectivity index (χ0v) is 10.6. The van der Waals surface area contributed by atoms with E-state index in [4.69, 9.17) is 4.74 Å². The van der Waals surface area contributed by atoms with Gasteiger partial charge in [0.05, 0.1) is 12.7 Å². The minimum Gasteiger partial charge on any atom is -0.496 e. The van der Waals surface area contributed by atoms with Crippen LogP contribution in [-0.4, -0.2) is 12.9 Å². The molecule has 0 bridgehead atoms. The van der Waals surface area contributed by atoms with Gasteiger partial charge in [-0.25, -0.2) is 0 Å². The van der Waals surface area contributed by atoms with Crippen LogP contribution in [0.4, 0.5) is 0 Å². The molecule has 2 aromatic carbocycles. The molecular formula is C16H16O2. The molecule has 2 aromatic rings. The Bertz CT molecular complexity index is 559. The maximum Gasteiger partial charge on any atom is 0.196 e. The summed E-state index contributed by atoms with van der Waals surface area (Å²) >= 11 is 0. The molecule has 2 rings (SSSR count). The largest absolute Gasteiger partial charge is 0.496 e. The summed E-state index contributed by atoms with van der Waals surface area (Å²) in [5.74, 6) is 0.618. The second-order valence-corrected chi connectivity index (χ2v) is 4.08. The first-order valence-electron chi connectivity index (χ1n) is 6.03. The van der Waals surface area contributed by atoms with Gasteiger partial charge in [0.15, 0.2) is 5.78 Å². The number of rotatable bonds is 4. The van der Waals surface area contributed by atoms with E-state index in [9.17, 15) is 4.79 Å². The van der Waals surface area contributed by atoms with Gasteiger partial charge in [-0.1, -0.05) is 37.3 Å². The second kappa shape index (κ2) is 5.50. The Labute approximate surface area is 107 Å². The summed E-state index contributed by atoms with van der Waals surface area (Å²) in [5.41, 5.74) is 2.47. The highest BCUT2D eigenvalue weighted by atomic mass is 16.5. The van der Waals surface area contributed by atoms with Gasteiger partial charge in [0.2, 0.25) is 0 Å². The molecule has 18 heavy (non-hydrogen) atoms. The summed E-state index contributed by atoms with van der Waals surface area (Å²) in [6, 6.07) is 15.0. The Hall–Kier alpha value is -2.09. The lowest BCUT2D eigenvalue weighted by Crippen LogP contribution is -2.04. The van der Waals surface area contributed by atoms with Crippen LogP contribution >= 0.6 is 0 Å². The van der Waals surface area contributed by atoms with E-state index in [1.165, 1.54) is 0 Å². The lowest BCUT2D eigenvalue weighted by molar-refractivity contribution is 0.103. The number of methoxy groups -OCH3 is 1. The van der Waals surface area contributed by atoms with Gasteiger partial charge in [0.25, 0.3) is 0 Å². The Morgan fingerprint density at radius 1 is 1.11 bits per heavy atom. The highest BCUT2D eigenvalue weighted by Crippen LogP contribution is 2.21. The van der Waals surface area contributed by atoms with E-state index in [1.807, 2.05) is 36.4 Å². The van der Waals surface area contributed by atoms with Crippen molar-refractivity contribution in [3.8, 4) is 5.75 Å². The van der Waals surface area contributed by atoms with Gasteiger partial charge < -0.3 is 4.74 Å². The highest BCUT2D eigenvalue weighted by Gasteiger charge is 2.13. The summed E-state index contributed by atoms with van der Waals surface area (Å²) in [6.07, 6.45) is 0.924. The third-order valence-electron chi connectivity index (χ3n) is 2.95. The molecule has 0 saturated carbocycles. The Morgan fingerprint density at radius 2 is 1.89 bits per heavy atom. The van der Waals surface area contributed by atoms with E-state index in [0.29, 0.717) is 16.9 Å². The maximum absolute atomic E-state index is 12.4. The van der Waals surface area contributed by atoms with Gasteiger partial charge in [-0.05, 0) is 30.2 Å². The number of ketones is 1. The smallest absolute Gasteiger partial charge is 0.196 e. The van der Waals surface area contributed by atoms with Crippen molar-refractivity contribution in [2.75, 3.05) is 7.11 Å². The molecule has 0 unspecified atom stereocenters. The minimum absolute atomic E-state index is 0.00255. The van der Waals surface area contributed by atoms with Crippen molar-refractivity contribution in [2.45, 2.75) is 13.3 Å². The molecule has 0 aliphatic heterocycles. The molecule has 2 heteroatoms. The zero-order valence-electron chi connectivity index (χ0n) is 10.6. The van der Waals surface area contributed by atoms with Gasteiger partial charge in [-0.3, -0.25) is 4.79 Å². The molecule has 0 amide bonds. The van der Waals surface area contributed by atoms with Crippen LogP contribution in [0.5, 0.6) is 5.75 Å². The zero-order chi connectivity index (χ0) is 13.0. The molecule has 0 atom stereocenters. The maximum atomic E-state index is 12.4. The normalized spacial score (nSPS) is 10.1. The second-order valence-electron chi connectivity index (χ2n) is 4.08. The molecule has 0 aromatic heterocycles. The summed E-state index contributed by atoms with van der Waals surface area (Å²) in [4.78, 5) is 12.4. The van der Waals surface area contributed by atoms with E-state index in [2.05, 4.69) is 6.92 Å². The number of ether oxygens (including phenoxy) is 1. The fraction of sp³-hybridized carbons (Fsp3) is 0.188. The first-order chi connectivity index (χ1) is 8.76. The molecule has 0 aliphatic carbocycles. The van der Waals surface area contributed by atoms with Gasteiger partial charge in [-0.2, -0.15) is 0 Å². The molecule has 0 heterocycles. The average molecular weight is 240 g/mol.